The molecule has 0 aromatic carbocycles. The number of hydrogen-bond donors (Lipinski definition) is 1. The van der Waals surface area contributed by atoms with Crippen LogP contribution in [-0.2, 0) is 19.6 Å². The monoisotopic (exact) mass is 249 g/mol. The molecular weight excluding hydrogens is 230 g/mol. The van der Waals surface area contributed by atoms with E-state index < -0.39 is 0 Å². The Morgan fingerprint density at radius 1 is 1.44 bits per heavy atom. The second-order valence-corrected chi connectivity index (χ2v) is 4.14. The van der Waals surface area contributed by atoms with Crippen molar-refractivity contribution in [3.8, 4) is 0 Å². The molecule has 0 amide bonds. The lowest BCUT2D eigenvalue weighted by atomic mass is 10.3. The molecule has 0 aliphatic carbocycles. The summed E-state index contributed by atoms with van der Waals surface area (Å²) in [7, 11) is 0. The first-order chi connectivity index (χ1) is 8.81. The Hall–Kier alpha value is -1.66. The van der Waals surface area contributed by atoms with E-state index in [1.54, 1.807) is 10.9 Å². The first-order valence-corrected chi connectivity index (χ1v) is 6.15. The topological polar surface area (TPSA) is 73.1 Å². The van der Waals surface area contributed by atoms with Crippen molar-refractivity contribution in [2.45, 2.75) is 26.6 Å². The highest BCUT2D eigenvalue weighted by molar-refractivity contribution is 4.99. The first-order valence-electron chi connectivity index (χ1n) is 6.15. The zero-order chi connectivity index (χ0) is 12.8. The molecule has 2 rings (SSSR count). The van der Waals surface area contributed by atoms with E-state index in [4.69, 9.17) is 10.2 Å². The second kappa shape index (κ2) is 6.32. The summed E-state index contributed by atoms with van der Waals surface area (Å²) in [4.78, 5) is 2.25. The second-order valence-electron chi connectivity index (χ2n) is 4.14. The minimum absolute atomic E-state index is 0.576. The van der Waals surface area contributed by atoms with Gasteiger partial charge in [-0.15, -0.1) is 5.10 Å². The van der Waals surface area contributed by atoms with E-state index >= 15 is 0 Å². The van der Waals surface area contributed by atoms with Crippen molar-refractivity contribution in [1.29, 1.82) is 0 Å². The molecule has 0 bridgehead atoms. The van der Waals surface area contributed by atoms with Crippen molar-refractivity contribution in [3.63, 3.8) is 0 Å². The Labute approximate surface area is 106 Å². The van der Waals surface area contributed by atoms with Crippen LogP contribution in [0.3, 0.4) is 0 Å². The van der Waals surface area contributed by atoms with Gasteiger partial charge in [0.1, 0.15) is 5.76 Å². The average molecular weight is 249 g/mol. The lowest BCUT2D eigenvalue weighted by Crippen LogP contribution is -2.22. The number of rotatable bonds is 7. The van der Waals surface area contributed by atoms with Gasteiger partial charge < -0.3 is 10.2 Å². The Kier molecular flexibility index (Phi) is 4.49. The molecule has 2 aromatic heterocycles. The third kappa shape index (κ3) is 3.41. The van der Waals surface area contributed by atoms with Crippen LogP contribution in [0.4, 0.5) is 0 Å². The smallest absolute Gasteiger partial charge is 0.117 e. The van der Waals surface area contributed by atoms with Gasteiger partial charge in [-0.1, -0.05) is 12.1 Å². The maximum atomic E-state index is 5.48. The van der Waals surface area contributed by atoms with Crippen molar-refractivity contribution >= 4 is 0 Å². The van der Waals surface area contributed by atoms with E-state index in [1.807, 2.05) is 18.3 Å². The molecule has 0 aliphatic rings. The molecule has 98 valence electrons. The predicted octanol–water partition coefficient (Wildman–Crippen LogP) is 0.852. The van der Waals surface area contributed by atoms with Gasteiger partial charge in [-0.3, -0.25) is 9.58 Å². The molecular formula is C12H19N5O. The standard InChI is InChI=1S/C12H19N5O/c1-2-16(10-12-4-3-7-18-12)8-11-9-17(6-5-13)15-14-11/h3-4,7,9H,2,5-6,8,10,13H2,1H3. The number of furan rings is 1. The van der Waals surface area contributed by atoms with Crippen LogP contribution in [0.25, 0.3) is 0 Å². The fraction of sp³-hybridized carbons (Fsp3) is 0.500. The van der Waals surface area contributed by atoms with Crippen LogP contribution < -0.4 is 5.73 Å². The number of aromatic nitrogens is 3. The highest BCUT2D eigenvalue weighted by Crippen LogP contribution is 2.08. The Bertz CT molecular complexity index is 451. The van der Waals surface area contributed by atoms with E-state index in [1.165, 1.54) is 0 Å². The van der Waals surface area contributed by atoms with Gasteiger partial charge in [0.15, 0.2) is 0 Å². The van der Waals surface area contributed by atoms with Crippen molar-refractivity contribution in [2.75, 3.05) is 13.1 Å². The fourth-order valence-electron chi connectivity index (χ4n) is 1.78. The van der Waals surface area contributed by atoms with E-state index in [2.05, 4.69) is 22.1 Å². The molecule has 0 aliphatic heterocycles. The molecule has 0 atom stereocenters. The van der Waals surface area contributed by atoms with E-state index in [0.717, 1.165) is 31.1 Å². The van der Waals surface area contributed by atoms with Gasteiger partial charge in [0.25, 0.3) is 0 Å². The summed E-state index contributed by atoms with van der Waals surface area (Å²) >= 11 is 0. The summed E-state index contributed by atoms with van der Waals surface area (Å²) < 4.78 is 7.12. The molecule has 0 fully saturated rings. The van der Waals surface area contributed by atoms with Crippen LogP contribution in [-0.4, -0.2) is 33.0 Å². The molecule has 6 nitrogen and oxygen atoms in total. The van der Waals surface area contributed by atoms with Gasteiger partial charge >= 0.3 is 0 Å². The van der Waals surface area contributed by atoms with E-state index in [9.17, 15) is 0 Å². The molecule has 0 saturated heterocycles. The third-order valence-corrected chi connectivity index (χ3v) is 2.74. The summed E-state index contributed by atoms with van der Waals surface area (Å²) in [5.74, 6) is 0.964. The molecule has 0 unspecified atom stereocenters. The molecule has 6 heteroatoms. The number of nitrogens with two attached hydrogens (primary N) is 1. The summed E-state index contributed by atoms with van der Waals surface area (Å²) in [6, 6.07) is 3.88. The predicted molar refractivity (Wildman–Crippen MR) is 67.6 cm³/mol. The summed E-state index contributed by atoms with van der Waals surface area (Å²) in [5, 5.41) is 8.16. The van der Waals surface area contributed by atoms with Crippen LogP contribution in [0.5, 0.6) is 0 Å². The Balaban J connectivity index is 1.92. The number of hydrogen-bond acceptors (Lipinski definition) is 5. The highest BCUT2D eigenvalue weighted by atomic mass is 16.3. The molecule has 18 heavy (non-hydrogen) atoms. The fourth-order valence-corrected chi connectivity index (χ4v) is 1.78. The van der Waals surface area contributed by atoms with Crippen LogP contribution in [0.1, 0.15) is 18.4 Å². The lowest BCUT2D eigenvalue weighted by Gasteiger charge is -2.17. The molecule has 2 heterocycles. The zero-order valence-electron chi connectivity index (χ0n) is 10.6. The minimum Gasteiger partial charge on any atom is -0.468 e. The van der Waals surface area contributed by atoms with Crippen molar-refractivity contribution < 1.29 is 4.42 Å². The van der Waals surface area contributed by atoms with Crippen LogP contribution in [0, 0.1) is 0 Å². The van der Waals surface area contributed by atoms with Gasteiger partial charge in [-0.05, 0) is 18.7 Å². The zero-order valence-corrected chi connectivity index (χ0v) is 10.6. The Morgan fingerprint density at radius 3 is 3.00 bits per heavy atom. The summed E-state index contributed by atoms with van der Waals surface area (Å²) in [5.41, 5.74) is 6.43. The van der Waals surface area contributed by atoms with Crippen molar-refractivity contribution in [1.82, 2.24) is 19.9 Å². The molecule has 2 aromatic rings. The van der Waals surface area contributed by atoms with Crippen molar-refractivity contribution in [2.24, 2.45) is 5.73 Å². The summed E-state index contributed by atoms with van der Waals surface area (Å²) in [6.45, 7) is 5.89. The van der Waals surface area contributed by atoms with Crippen LogP contribution in [0.2, 0.25) is 0 Å². The molecule has 0 saturated carbocycles. The average Bonchev–Trinajstić information content (AvgIpc) is 3.01. The quantitative estimate of drug-likeness (QED) is 0.787. The van der Waals surface area contributed by atoms with E-state index in [0.29, 0.717) is 13.1 Å². The highest BCUT2D eigenvalue weighted by Gasteiger charge is 2.09. The maximum Gasteiger partial charge on any atom is 0.117 e. The van der Waals surface area contributed by atoms with E-state index in [-0.39, 0.29) is 0 Å². The maximum absolute atomic E-state index is 5.48. The molecule has 0 radical (unpaired) electrons. The lowest BCUT2D eigenvalue weighted by molar-refractivity contribution is 0.245. The molecule has 2 N–H and O–H groups in total. The van der Waals surface area contributed by atoms with Gasteiger partial charge in [0, 0.05) is 19.3 Å². The van der Waals surface area contributed by atoms with Crippen molar-refractivity contribution in [3.05, 3.63) is 36.0 Å². The molecule has 0 spiro atoms. The van der Waals surface area contributed by atoms with Gasteiger partial charge in [-0.2, -0.15) is 0 Å². The van der Waals surface area contributed by atoms with Crippen LogP contribution >= 0.6 is 0 Å². The SMILES string of the molecule is CCN(Cc1cn(CCN)nn1)Cc1ccco1. The van der Waals surface area contributed by atoms with Crippen LogP contribution in [0.15, 0.2) is 29.0 Å². The normalized spacial score (nSPS) is 11.3. The largest absolute Gasteiger partial charge is 0.468 e. The summed E-state index contributed by atoms with van der Waals surface area (Å²) in [6.07, 6.45) is 3.64. The van der Waals surface area contributed by atoms with Gasteiger partial charge in [0.2, 0.25) is 0 Å². The van der Waals surface area contributed by atoms with Gasteiger partial charge in [0.05, 0.1) is 25.0 Å². The first kappa shape index (κ1) is 12.8. The van der Waals surface area contributed by atoms with Gasteiger partial charge in [-0.25, -0.2) is 0 Å². The minimum atomic E-state index is 0.576. The number of nitrogens with zero attached hydrogens (tertiary/aromatic N) is 4. The third-order valence-electron chi connectivity index (χ3n) is 2.74. The Morgan fingerprint density at radius 2 is 2.33 bits per heavy atom.